The number of nitrogens with zero attached hydrogens (tertiary/aromatic N) is 3. The van der Waals surface area contributed by atoms with Crippen molar-refractivity contribution in [3.63, 3.8) is 0 Å². The van der Waals surface area contributed by atoms with Crippen molar-refractivity contribution in [2.75, 3.05) is 5.32 Å². The SMILES string of the molecule is CC(Nc1cnn(-c2ccc(Cl)cc2)c(=O)c1Cl)c1nc2ccccc2[nH]1. The van der Waals surface area contributed by atoms with Crippen molar-refractivity contribution in [1.82, 2.24) is 19.7 Å². The highest BCUT2D eigenvalue weighted by atomic mass is 35.5. The van der Waals surface area contributed by atoms with Crippen molar-refractivity contribution < 1.29 is 0 Å². The van der Waals surface area contributed by atoms with Crippen molar-refractivity contribution in [3.8, 4) is 5.69 Å². The lowest BCUT2D eigenvalue weighted by molar-refractivity contribution is 0.786. The minimum absolute atomic E-state index is 0.0583. The first-order chi connectivity index (χ1) is 13.0. The van der Waals surface area contributed by atoms with Crippen molar-refractivity contribution >= 4 is 39.9 Å². The van der Waals surface area contributed by atoms with Crippen LogP contribution in [0.1, 0.15) is 18.8 Å². The predicted molar refractivity (Wildman–Crippen MR) is 108 cm³/mol. The zero-order valence-corrected chi connectivity index (χ0v) is 15.8. The van der Waals surface area contributed by atoms with Gasteiger partial charge in [0, 0.05) is 5.02 Å². The number of hydrogen-bond acceptors (Lipinski definition) is 4. The van der Waals surface area contributed by atoms with E-state index < -0.39 is 5.56 Å². The lowest BCUT2D eigenvalue weighted by Crippen LogP contribution is -2.23. The second kappa shape index (κ2) is 7.06. The number of imidazole rings is 1. The first-order valence-electron chi connectivity index (χ1n) is 8.28. The summed E-state index contributed by atoms with van der Waals surface area (Å²) in [6.07, 6.45) is 1.53. The van der Waals surface area contributed by atoms with E-state index in [2.05, 4.69) is 20.4 Å². The molecule has 4 aromatic rings. The molecular formula is C19H15Cl2N5O. The maximum atomic E-state index is 12.6. The molecule has 1 atom stereocenters. The van der Waals surface area contributed by atoms with Gasteiger partial charge in [-0.25, -0.2) is 4.98 Å². The summed E-state index contributed by atoms with van der Waals surface area (Å²) >= 11 is 12.2. The first kappa shape index (κ1) is 17.6. The van der Waals surface area contributed by atoms with Gasteiger partial charge in [-0.1, -0.05) is 35.3 Å². The van der Waals surface area contributed by atoms with Gasteiger partial charge in [-0.3, -0.25) is 4.79 Å². The lowest BCUT2D eigenvalue weighted by atomic mass is 10.3. The second-order valence-corrected chi connectivity index (χ2v) is 6.89. The Morgan fingerprint density at radius 1 is 1.11 bits per heavy atom. The molecule has 2 aromatic heterocycles. The van der Waals surface area contributed by atoms with Crippen LogP contribution in [0.2, 0.25) is 10.0 Å². The maximum Gasteiger partial charge on any atom is 0.292 e. The van der Waals surface area contributed by atoms with E-state index in [1.807, 2.05) is 31.2 Å². The van der Waals surface area contributed by atoms with Crippen LogP contribution in [0, 0.1) is 0 Å². The number of aromatic nitrogens is 4. The molecule has 0 radical (unpaired) electrons. The molecule has 0 aliphatic carbocycles. The van der Waals surface area contributed by atoms with E-state index in [0.717, 1.165) is 16.9 Å². The molecule has 0 saturated heterocycles. The number of H-pyrrole nitrogens is 1. The Labute approximate surface area is 164 Å². The quantitative estimate of drug-likeness (QED) is 0.526. The molecule has 0 bridgehead atoms. The molecule has 6 nitrogen and oxygen atoms in total. The van der Waals surface area contributed by atoms with Gasteiger partial charge in [0.25, 0.3) is 5.56 Å². The highest BCUT2D eigenvalue weighted by molar-refractivity contribution is 6.33. The molecule has 0 amide bonds. The minimum Gasteiger partial charge on any atom is -0.373 e. The fourth-order valence-electron chi connectivity index (χ4n) is 2.78. The second-order valence-electron chi connectivity index (χ2n) is 6.07. The summed E-state index contributed by atoms with van der Waals surface area (Å²) in [4.78, 5) is 20.4. The fraction of sp³-hybridized carbons (Fsp3) is 0.105. The number of aromatic amines is 1. The lowest BCUT2D eigenvalue weighted by Gasteiger charge is -2.14. The molecule has 0 saturated carbocycles. The molecule has 4 rings (SSSR count). The van der Waals surface area contributed by atoms with E-state index in [0.29, 0.717) is 16.4 Å². The molecule has 2 aromatic carbocycles. The van der Waals surface area contributed by atoms with Crippen LogP contribution >= 0.6 is 23.2 Å². The van der Waals surface area contributed by atoms with E-state index in [-0.39, 0.29) is 11.1 Å². The Morgan fingerprint density at radius 3 is 2.59 bits per heavy atom. The molecule has 1 unspecified atom stereocenters. The summed E-state index contributed by atoms with van der Waals surface area (Å²) in [5.41, 5.74) is 2.44. The number of fused-ring (bicyclic) bond motifs is 1. The molecule has 27 heavy (non-hydrogen) atoms. The number of anilines is 1. The Kier molecular flexibility index (Phi) is 4.59. The van der Waals surface area contributed by atoms with Crippen molar-refractivity contribution in [1.29, 1.82) is 0 Å². The van der Waals surface area contributed by atoms with Crippen LogP contribution in [-0.2, 0) is 0 Å². The number of nitrogens with one attached hydrogen (secondary N) is 2. The number of halogens is 2. The Morgan fingerprint density at radius 2 is 1.85 bits per heavy atom. The first-order valence-corrected chi connectivity index (χ1v) is 9.03. The van der Waals surface area contributed by atoms with Crippen molar-refractivity contribution in [3.05, 3.63) is 81.0 Å². The van der Waals surface area contributed by atoms with Gasteiger partial charge < -0.3 is 10.3 Å². The number of para-hydroxylation sites is 2. The van der Waals surface area contributed by atoms with Crippen LogP contribution in [0.15, 0.2) is 59.5 Å². The Hall–Kier alpha value is -2.83. The van der Waals surface area contributed by atoms with Gasteiger partial charge in [-0.2, -0.15) is 9.78 Å². The summed E-state index contributed by atoms with van der Waals surface area (Å²) in [6.45, 7) is 1.93. The van der Waals surface area contributed by atoms with Gasteiger partial charge in [0.15, 0.2) is 0 Å². The molecule has 0 spiro atoms. The monoisotopic (exact) mass is 399 g/mol. The van der Waals surface area contributed by atoms with E-state index >= 15 is 0 Å². The van der Waals surface area contributed by atoms with Gasteiger partial charge >= 0.3 is 0 Å². The summed E-state index contributed by atoms with van der Waals surface area (Å²) in [5.74, 6) is 0.745. The molecule has 2 N–H and O–H groups in total. The van der Waals surface area contributed by atoms with Crippen LogP contribution < -0.4 is 10.9 Å². The van der Waals surface area contributed by atoms with Gasteiger partial charge in [-0.15, -0.1) is 0 Å². The third kappa shape index (κ3) is 3.41. The van der Waals surface area contributed by atoms with E-state index in [1.54, 1.807) is 24.3 Å². The van der Waals surface area contributed by atoms with Crippen LogP contribution in [-0.4, -0.2) is 19.7 Å². The van der Waals surface area contributed by atoms with Gasteiger partial charge in [0.1, 0.15) is 10.8 Å². The summed E-state index contributed by atoms with van der Waals surface area (Å²) in [7, 11) is 0. The number of benzene rings is 2. The standard InChI is InChI=1S/C19H15Cl2N5O/c1-11(18-24-14-4-2-3-5-15(14)25-18)23-16-10-22-26(19(27)17(16)21)13-8-6-12(20)7-9-13/h2-11,23H,1H3,(H,24,25). The van der Waals surface area contributed by atoms with Gasteiger partial charge in [0.2, 0.25) is 0 Å². The summed E-state index contributed by atoms with van der Waals surface area (Å²) < 4.78 is 1.23. The van der Waals surface area contributed by atoms with E-state index in [9.17, 15) is 4.79 Å². The summed E-state index contributed by atoms with van der Waals surface area (Å²) in [5, 5.41) is 8.04. The predicted octanol–water partition coefficient (Wildman–Crippen LogP) is 4.59. The van der Waals surface area contributed by atoms with E-state index in [4.69, 9.17) is 23.2 Å². The normalized spacial score (nSPS) is 12.3. The fourth-order valence-corrected chi connectivity index (χ4v) is 3.09. The zero-order valence-electron chi connectivity index (χ0n) is 14.3. The Balaban J connectivity index is 1.63. The number of rotatable bonds is 4. The molecule has 0 aliphatic rings. The Bertz CT molecular complexity index is 1130. The highest BCUT2D eigenvalue weighted by Crippen LogP contribution is 2.23. The topological polar surface area (TPSA) is 75.6 Å². The largest absolute Gasteiger partial charge is 0.373 e. The smallest absolute Gasteiger partial charge is 0.292 e. The third-order valence-corrected chi connectivity index (χ3v) is 4.80. The van der Waals surface area contributed by atoms with Crippen LogP contribution in [0.4, 0.5) is 5.69 Å². The minimum atomic E-state index is -0.416. The molecule has 8 heteroatoms. The molecular weight excluding hydrogens is 385 g/mol. The molecule has 0 fully saturated rings. The van der Waals surface area contributed by atoms with Crippen LogP contribution in [0.25, 0.3) is 16.7 Å². The zero-order chi connectivity index (χ0) is 19.0. The molecule has 136 valence electrons. The third-order valence-electron chi connectivity index (χ3n) is 4.18. The average Bonchev–Trinajstić information content (AvgIpc) is 3.11. The van der Waals surface area contributed by atoms with Crippen LogP contribution in [0.3, 0.4) is 0 Å². The van der Waals surface area contributed by atoms with Crippen LogP contribution in [0.5, 0.6) is 0 Å². The van der Waals surface area contributed by atoms with Gasteiger partial charge in [0.05, 0.1) is 34.6 Å². The maximum absolute atomic E-state index is 12.6. The average molecular weight is 400 g/mol. The molecule has 2 heterocycles. The number of hydrogen-bond donors (Lipinski definition) is 2. The van der Waals surface area contributed by atoms with Crippen molar-refractivity contribution in [2.24, 2.45) is 0 Å². The van der Waals surface area contributed by atoms with Gasteiger partial charge in [-0.05, 0) is 43.3 Å². The van der Waals surface area contributed by atoms with Crippen molar-refractivity contribution in [2.45, 2.75) is 13.0 Å². The highest BCUT2D eigenvalue weighted by Gasteiger charge is 2.15. The summed E-state index contributed by atoms with van der Waals surface area (Å²) in [6, 6.07) is 14.4. The van der Waals surface area contributed by atoms with E-state index in [1.165, 1.54) is 10.9 Å². The molecule has 0 aliphatic heterocycles.